The number of hydrogen-bond acceptors (Lipinski definition) is 4. The number of carbonyl (C=O) groups excluding carboxylic acids is 1. The lowest BCUT2D eigenvalue weighted by atomic mass is 9.81. The summed E-state index contributed by atoms with van der Waals surface area (Å²) in [4.78, 5) is 15.1. The van der Waals surface area contributed by atoms with E-state index in [0.29, 0.717) is 16.3 Å². The highest BCUT2D eigenvalue weighted by Crippen LogP contribution is 2.38. The first kappa shape index (κ1) is 16.4. The molecule has 6 heteroatoms. The number of amides is 1. The molecule has 1 amide bonds. The monoisotopic (exact) mass is 337 g/mol. The average molecular weight is 338 g/mol. The largest absolute Gasteiger partial charge is 0.496 e. The van der Waals surface area contributed by atoms with Crippen molar-refractivity contribution in [2.24, 2.45) is 5.41 Å². The van der Waals surface area contributed by atoms with Crippen LogP contribution in [0.2, 0.25) is 5.02 Å². The Labute approximate surface area is 142 Å². The van der Waals surface area contributed by atoms with E-state index in [1.807, 2.05) is 0 Å². The number of piperidine rings is 1. The lowest BCUT2D eigenvalue weighted by Crippen LogP contribution is -2.42. The van der Waals surface area contributed by atoms with Gasteiger partial charge >= 0.3 is 0 Å². The van der Waals surface area contributed by atoms with Gasteiger partial charge in [-0.25, -0.2) is 0 Å². The maximum Gasteiger partial charge on any atom is 0.255 e. The van der Waals surface area contributed by atoms with E-state index >= 15 is 0 Å². The Kier molecular flexibility index (Phi) is 4.69. The van der Waals surface area contributed by atoms with Gasteiger partial charge in [0.1, 0.15) is 5.75 Å². The minimum Gasteiger partial charge on any atom is -0.496 e. The summed E-state index contributed by atoms with van der Waals surface area (Å²) in [6, 6.07) is 3.43. The minimum absolute atomic E-state index is 0.121. The zero-order valence-electron chi connectivity index (χ0n) is 13.7. The van der Waals surface area contributed by atoms with Gasteiger partial charge in [-0.1, -0.05) is 11.6 Å². The molecule has 0 saturated carbocycles. The van der Waals surface area contributed by atoms with Crippen LogP contribution in [0.4, 0.5) is 5.69 Å². The van der Waals surface area contributed by atoms with Crippen LogP contribution < -0.4 is 15.4 Å². The standard InChI is InChI=1S/C17H24ClN3O2/c1-19-14-9-15(23-2)12(8-13(14)18)16(22)20-10-17-4-3-6-21(11-17)7-5-17/h8-9,19H,3-7,10-11H2,1-2H3,(H,20,22). The Morgan fingerprint density at radius 3 is 2.96 bits per heavy atom. The van der Waals surface area contributed by atoms with E-state index in [9.17, 15) is 4.79 Å². The predicted octanol–water partition coefficient (Wildman–Crippen LogP) is 2.61. The molecule has 2 unspecified atom stereocenters. The van der Waals surface area contributed by atoms with E-state index in [1.54, 1.807) is 26.3 Å². The van der Waals surface area contributed by atoms with E-state index in [1.165, 1.54) is 25.8 Å². The summed E-state index contributed by atoms with van der Waals surface area (Å²) in [6.07, 6.45) is 3.59. The highest BCUT2D eigenvalue weighted by Gasteiger charge is 2.40. The number of methoxy groups -OCH3 is 1. The number of ether oxygens (including phenoxy) is 1. The summed E-state index contributed by atoms with van der Waals surface area (Å²) in [6.45, 7) is 4.17. The van der Waals surface area contributed by atoms with E-state index in [-0.39, 0.29) is 11.3 Å². The van der Waals surface area contributed by atoms with Gasteiger partial charge in [-0.3, -0.25) is 4.79 Å². The number of nitrogens with zero attached hydrogens (tertiary/aromatic N) is 1. The summed E-state index contributed by atoms with van der Waals surface area (Å²) in [5.41, 5.74) is 1.48. The number of hydrogen-bond donors (Lipinski definition) is 2. The van der Waals surface area contributed by atoms with Crippen LogP contribution in [0.3, 0.4) is 0 Å². The predicted molar refractivity (Wildman–Crippen MR) is 92.6 cm³/mol. The van der Waals surface area contributed by atoms with E-state index in [0.717, 1.165) is 25.3 Å². The molecule has 3 rings (SSSR count). The zero-order valence-corrected chi connectivity index (χ0v) is 14.5. The fourth-order valence-corrected chi connectivity index (χ4v) is 4.05. The highest BCUT2D eigenvalue weighted by atomic mass is 35.5. The van der Waals surface area contributed by atoms with E-state index < -0.39 is 0 Å². The fourth-order valence-electron chi connectivity index (χ4n) is 3.79. The van der Waals surface area contributed by atoms with Crippen LogP contribution in [-0.4, -0.2) is 51.1 Å². The Hall–Kier alpha value is -1.46. The molecular formula is C17H24ClN3O2. The van der Waals surface area contributed by atoms with Crippen molar-refractivity contribution >= 4 is 23.2 Å². The first-order chi connectivity index (χ1) is 11.1. The number of halogens is 1. The van der Waals surface area contributed by atoms with Crippen LogP contribution in [-0.2, 0) is 0 Å². The normalized spacial score (nSPS) is 26.0. The SMILES string of the molecule is CNc1cc(OC)c(C(=O)NCC23CCCN(CC2)C3)cc1Cl. The molecule has 2 heterocycles. The molecular weight excluding hydrogens is 314 g/mol. The fraction of sp³-hybridized carbons (Fsp3) is 0.588. The molecule has 2 atom stereocenters. The minimum atomic E-state index is -0.121. The average Bonchev–Trinajstić information content (AvgIpc) is 2.87. The molecule has 1 aromatic rings. The maximum absolute atomic E-state index is 12.6. The van der Waals surface area contributed by atoms with Gasteiger partial charge in [0.15, 0.2) is 0 Å². The Bertz CT molecular complexity index is 604. The Morgan fingerprint density at radius 1 is 1.39 bits per heavy atom. The lowest BCUT2D eigenvalue weighted by molar-refractivity contribution is 0.0913. The number of carbonyl (C=O) groups is 1. The molecule has 23 heavy (non-hydrogen) atoms. The van der Waals surface area contributed by atoms with Gasteiger partial charge in [0, 0.05) is 31.6 Å². The third-order valence-electron chi connectivity index (χ3n) is 5.13. The molecule has 126 valence electrons. The van der Waals surface area contributed by atoms with Gasteiger partial charge in [-0.2, -0.15) is 0 Å². The molecule has 2 fully saturated rings. The van der Waals surface area contributed by atoms with Crippen LogP contribution in [0.1, 0.15) is 29.6 Å². The van der Waals surface area contributed by atoms with Gasteiger partial charge in [0.25, 0.3) is 5.91 Å². The molecule has 2 aliphatic heterocycles. The van der Waals surface area contributed by atoms with Gasteiger partial charge in [0.2, 0.25) is 0 Å². The van der Waals surface area contributed by atoms with E-state index in [4.69, 9.17) is 16.3 Å². The third kappa shape index (κ3) is 3.26. The quantitative estimate of drug-likeness (QED) is 0.867. The van der Waals surface area contributed by atoms with E-state index in [2.05, 4.69) is 15.5 Å². The molecule has 2 aliphatic rings. The van der Waals surface area contributed by atoms with Crippen molar-refractivity contribution in [2.75, 3.05) is 45.7 Å². The molecule has 0 aliphatic carbocycles. The van der Waals surface area contributed by atoms with Crippen LogP contribution in [0.5, 0.6) is 5.75 Å². The summed E-state index contributed by atoms with van der Waals surface area (Å²) in [7, 11) is 3.35. The van der Waals surface area contributed by atoms with Crippen LogP contribution >= 0.6 is 11.6 Å². The van der Waals surface area contributed by atoms with Gasteiger partial charge in [-0.05, 0) is 38.4 Å². The molecule has 0 spiro atoms. The van der Waals surface area contributed by atoms with Gasteiger partial charge < -0.3 is 20.3 Å². The van der Waals surface area contributed by atoms with Crippen molar-refractivity contribution < 1.29 is 9.53 Å². The molecule has 5 nitrogen and oxygen atoms in total. The number of anilines is 1. The van der Waals surface area contributed by atoms with Crippen LogP contribution in [0.25, 0.3) is 0 Å². The smallest absolute Gasteiger partial charge is 0.255 e. The summed E-state index contributed by atoms with van der Waals surface area (Å²) >= 11 is 6.21. The van der Waals surface area contributed by atoms with Crippen molar-refractivity contribution in [3.63, 3.8) is 0 Å². The second-order valence-corrected chi connectivity index (χ2v) is 7.00. The van der Waals surface area contributed by atoms with Crippen molar-refractivity contribution in [3.05, 3.63) is 22.7 Å². The van der Waals surface area contributed by atoms with Gasteiger partial charge in [-0.15, -0.1) is 0 Å². The van der Waals surface area contributed by atoms with Crippen molar-refractivity contribution in [1.29, 1.82) is 0 Å². The summed E-state index contributed by atoms with van der Waals surface area (Å²) in [5.74, 6) is 0.412. The summed E-state index contributed by atoms with van der Waals surface area (Å²) in [5, 5.41) is 6.61. The molecule has 0 aromatic heterocycles. The molecule has 2 N–H and O–H groups in total. The second-order valence-electron chi connectivity index (χ2n) is 6.59. The third-order valence-corrected chi connectivity index (χ3v) is 5.44. The van der Waals surface area contributed by atoms with Crippen LogP contribution in [0, 0.1) is 5.41 Å². The van der Waals surface area contributed by atoms with Gasteiger partial charge in [0.05, 0.1) is 23.4 Å². The Morgan fingerprint density at radius 2 is 2.22 bits per heavy atom. The first-order valence-corrected chi connectivity index (χ1v) is 8.50. The first-order valence-electron chi connectivity index (χ1n) is 8.13. The van der Waals surface area contributed by atoms with Crippen molar-refractivity contribution in [1.82, 2.24) is 10.2 Å². The molecule has 2 saturated heterocycles. The maximum atomic E-state index is 12.6. The molecule has 2 bridgehead atoms. The summed E-state index contributed by atoms with van der Waals surface area (Å²) < 4.78 is 5.35. The van der Waals surface area contributed by atoms with Crippen molar-refractivity contribution in [2.45, 2.75) is 19.3 Å². The topological polar surface area (TPSA) is 53.6 Å². The Balaban J connectivity index is 1.72. The lowest BCUT2D eigenvalue weighted by Gasteiger charge is -2.34. The van der Waals surface area contributed by atoms with Crippen LogP contribution in [0.15, 0.2) is 12.1 Å². The number of fused-ring (bicyclic) bond motifs is 2. The second kappa shape index (κ2) is 6.57. The highest BCUT2D eigenvalue weighted by molar-refractivity contribution is 6.33. The number of nitrogens with one attached hydrogen (secondary N) is 2. The molecule has 1 aromatic carbocycles. The number of benzene rings is 1. The zero-order chi connectivity index (χ0) is 16.4. The molecule has 0 radical (unpaired) electrons. The van der Waals surface area contributed by atoms with Crippen molar-refractivity contribution in [3.8, 4) is 5.75 Å². The number of rotatable bonds is 5.